The van der Waals surface area contributed by atoms with Gasteiger partial charge in [0, 0.05) is 25.0 Å². The van der Waals surface area contributed by atoms with Crippen LogP contribution in [-0.2, 0) is 39.3 Å². The van der Waals surface area contributed by atoms with Crippen LogP contribution in [-0.4, -0.2) is 71.3 Å². The molecule has 0 aliphatic carbocycles. The first-order valence-corrected chi connectivity index (χ1v) is 16.5. The van der Waals surface area contributed by atoms with Gasteiger partial charge >= 0.3 is 12.3 Å². The number of nitrogens with one attached hydrogen (secondary N) is 2. The van der Waals surface area contributed by atoms with Crippen LogP contribution >= 0.6 is 11.8 Å². The van der Waals surface area contributed by atoms with Gasteiger partial charge in [-0.2, -0.15) is 13.2 Å². The molecule has 0 aliphatic rings. The maximum Gasteiger partial charge on any atom is 0.417 e. The lowest BCUT2D eigenvalue weighted by molar-refractivity contribution is -0.137. The summed E-state index contributed by atoms with van der Waals surface area (Å²) in [6, 6.07) is 13.1. The predicted octanol–water partition coefficient (Wildman–Crippen LogP) is 4.88. The van der Waals surface area contributed by atoms with Crippen molar-refractivity contribution in [3.63, 3.8) is 0 Å². The second-order valence-corrected chi connectivity index (χ2v) is 11.7. The third-order valence-corrected chi connectivity index (χ3v) is 8.00. The van der Waals surface area contributed by atoms with Gasteiger partial charge in [-0.1, -0.05) is 42.1 Å². The second kappa shape index (κ2) is 19.0. The molecule has 4 aromatic rings. The molecule has 0 unspecified atom stereocenters. The van der Waals surface area contributed by atoms with Gasteiger partial charge in [0.15, 0.2) is 11.0 Å². The molecule has 2 amide bonds. The zero-order valence-corrected chi connectivity index (χ0v) is 27.9. The van der Waals surface area contributed by atoms with E-state index < -0.39 is 35.3 Å². The van der Waals surface area contributed by atoms with E-state index in [-0.39, 0.29) is 32.1 Å². The van der Waals surface area contributed by atoms with Gasteiger partial charge in [0.2, 0.25) is 0 Å². The zero-order valence-electron chi connectivity index (χ0n) is 27.1. The Labute approximate surface area is 290 Å². The number of carbonyl (C=O) groups excluding carboxylic acids is 2. The molecule has 2 aromatic carbocycles. The summed E-state index contributed by atoms with van der Waals surface area (Å²) in [5.74, 6) is -0.574. The number of thioether (sulfide) groups is 1. The van der Waals surface area contributed by atoms with Crippen LogP contribution in [0.25, 0.3) is 0 Å². The van der Waals surface area contributed by atoms with Gasteiger partial charge in [-0.15, -0.1) is 10.2 Å². The van der Waals surface area contributed by atoms with Crippen molar-refractivity contribution >= 4 is 23.8 Å². The van der Waals surface area contributed by atoms with E-state index >= 15 is 0 Å². The number of alkyl carbamates (subject to hydrolysis) is 1. The Morgan fingerprint density at radius 1 is 0.960 bits per heavy atom. The van der Waals surface area contributed by atoms with Crippen LogP contribution < -0.4 is 16.4 Å². The summed E-state index contributed by atoms with van der Waals surface area (Å²) in [5, 5.41) is 14.2. The molecule has 0 radical (unpaired) electrons. The highest BCUT2D eigenvalue weighted by molar-refractivity contribution is 7.98. The minimum atomic E-state index is -4.72. The number of halogens is 4. The fourth-order valence-electron chi connectivity index (χ4n) is 4.51. The number of amides is 2. The number of aromatic nitrogens is 4. The zero-order chi connectivity index (χ0) is 35.9. The topological polar surface area (TPSA) is 156 Å². The standard InChI is InChI=1S/C33H37F4N7O5S/c1-22(41-30(45)27-4-2-3-5-28(27)33(35,36)37)29-42-43-31(50-21-23-6-9-25(34)10-7-23)44(29)19-24-8-11-26(40-18-24)20-49-32(46)39-13-15-48-17-16-47-14-12-38/h2-11,18,22H,12-17,19-21,38H2,1H3,(H,39,46)(H,41,45)/t22-/m0/s1. The lowest BCUT2D eigenvalue weighted by Gasteiger charge is -2.18. The van der Waals surface area contributed by atoms with E-state index in [2.05, 4.69) is 25.8 Å². The number of benzene rings is 2. The van der Waals surface area contributed by atoms with E-state index in [1.807, 2.05) is 0 Å². The summed E-state index contributed by atoms with van der Waals surface area (Å²) in [7, 11) is 0. The van der Waals surface area contributed by atoms with Gasteiger partial charge in [0.25, 0.3) is 5.91 Å². The highest BCUT2D eigenvalue weighted by Crippen LogP contribution is 2.32. The average Bonchev–Trinajstić information content (AvgIpc) is 3.50. The Morgan fingerprint density at radius 2 is 1.68 bits per heavy atom. The van der Waals surface area contributed by atoms with Crippen LogP contribution in [0.4, 0.5) is 22.4 Å². The Kier molecular flexibility index (Phi) is 14.5. The van der Waals surface area contributed by atoms with E-state index in [0.29, 0.717) is 54.4 Å². The smallest absolute Gasteiger partial charge is 0.417 e. The number of ether oxygens (including phenoxy) is 3. The van der Waals surface area contributed by atoms with E-state index in [1.165, 1.54) is 36.0 Å². The lowest BCUT2D eigenvalue weighted by Crippen LogP contribution is -2.30. The number of hydrogen-bond acceptors (Lipinski definition) is 10. The molecule has 0 bridgehead atoms. The van der Waals surface area contributed by atoms with Gasteiger partial charge in [-0.05, 0) is 48.4 Å². The predicted molar refractivity (Wildman–Crippen MR) is 176 cm³/mol. The van der Waals surface area contributed by atoms with Crippen LogP contribution in [0.15, 0.2) is 72.0 Å². The Bertz CT molecular complexity index is 1670. The Balaban J connectivity index is 1.40. The molecule has 12 nitrogen and oxygen atoms in total. The van der Waals surface area contributed by atoms with Gasteiger partial charge < -0.3 is 30.6 Å². The third kappa shape index (κ3) is 11.8. The summed E-state index contributed by atoms with van der Waals surface area (Å²) in [6.45, 7) is 3.91. The SMILES string of the molecule is C[C@H](NC(=O)c1ccccc1C(F)(F)F)c1nnc(SCc2ccc(F)cc2)n1Cc1ccc(COC(=O)NCCOCCOCCN)nc1. The second-order valence-electron chi connectivity index (χ2n) is 10.8. The van der Waals surface area contributed by atoms with Crippen LogP contribution in [0.2, 0.25) is 0 Å². The molecule has 1 atom stereocenters. The van der Waals surface area contributed by atoms with E-state index in [0.717, 1.165) is 17.7 Å². The van der Waals surface area contributed by atoms with Crippen molar-refractivity contribution in [1.82, 2.24) is 30.4 Å². The van der Waals surface area contributed by atoms with Gasteiger partial charge in [-0.3, -0.25) is 14.3 Å². The van der Waals surface area contributed by atoms with E-state index in [4.69, 9.17) is 19.9 Å². The number of nitrogens with two attached hydrogens (primary N) is 1. The summed E-state index contributed by atoms with van der Waals surface area (Å²) in [5.41, 5.74) is 5.78. The largest absolute Gasteiger partial charge is 0.443 e. The van der Waals surface area contributed by atoms with Crippen molar-refractivity contribution in [2.45, 2.75) is 43.2 Å². The summed E-state index contributed by atoms with van der Waals surface area (Å²) < 4.78 is 71.7. The van der Waals surface area contributed by atoms with Crippen molar-refractivity contribution in [3.8, 4) is 0 Å². The molecule has 2 heterocycles. The first kappa shape index (κ1) is 38.2. The monoisotopic (exact) mass is 719 g/mol. The molecular formula is C33H37F4N7O5S. The Morgan fingerprint density at radius 3 is 2.38 bits per heavy atom. The normalized spacial score (nSPS) is 12.0. The average molecular weight is 720 g/mol. The molecule has 50 heavy (non-hydrogen) atoms. The van der Waals surface area contributed by atoms with E-state index in [9.17, 15) is 27.2 Å². The van der Waals surface area contributed by atoms with Crippen molar-refractivity contribution < 1.29 is 41.4 Å². The minimum Gasteiger partial charge on any atom is -0.443 e. The van der Waals surface area contributed by atoms with Crippen molar-refractivity contribution in [1.29, 1.82) is 0 Å². The molecule has 0 fully saturated rings. The number of hydrogen-bond donors (Lipinski definition) is 3. The molecule has 0 aliphatic heterocycles. The first-order chi connectivity index (χ1) is 24.0. The third-order valence-electron chi connectivity index (χ3n) is 6.97. The number of carbonyl (C=O) groups is 2. The summed E-state index contributed by atoms with van der Waals surface area (Å²) >= 11 is 1.31. The quantitative estimate of drug-likeness (QED) is 0.0736. The first-order valence-electron chi connectivity index (χ1n) is 15.5. The molecular weight excluding hydrogens is 682 g/mol. The number of rotatable bonds is 18. The molecule has 4 N–H and O–H groups in total. The van der Waals surface area contributed by atoms with Crippen LogP contribution in [0.1, 0.15) is 51.5 Å². The van der Waals surface area contributed by atoms with Gasteiger partial charge in [-0.25, -0.2) is 9.18 Å². The highest BCUT2D eigenvalue weighted by Gasteiger charge is 2.35. The van der Waals surface area contributed by atoms with Crippen molar-refractivity contribution in [2.24, 2.45) is 5.73 Å². The van der Waals surface area contributed by atoms with Gasteiger partial charge in [0.05, 0.1) is 55.8 Å². The Hall–Kier alpha value is -4.58. The maximum atomic E-state index is 13.6. The number of nitrogens with zero attached hydrogens (tertiary/aromatic N) is 4. The fourth-order valence-corrected chi connectivity index (χ4v) is 5.41. The van der Waals surface area contributed by atoms with Crippen molar-refractivity contribution in [2.75, 3.05) is 39.5 Å². The van der Waals surface area contributed by atoms with Crippen molar-refractivity contribution in [3.05, 3.63) is 106 Å². The number of alkyl halides is 3. The molecule has 0 spiro atoms. The molecule has 17 heteroatoms. The van der Waals surface area contributed by atoms with Gasteiger partial charge in [0.1, 0.15) is 12.4 Å². The minimum absolute atomic E-state index is 0.0843. The van der Waals surface area contributed by atoms with Crippen LogP contribution in [0, 0.1) is 5.82 Å². The highest BCUT2D eigenvalue weighted by atomic mass is 32.2. The molecule has 4 rings (SSSR count). The van der Waals surface area contributed by atoms with Crippen LogP contribution in [0.5, 0.6) is 0 Å². The summed E-state index contributed by atoms with van der Waals surface area (Å²) in [6.07, 6.45) is -3.77. The number of pyridine rings is 1. The van der Waals surface area contributed by atoms with E-state index in [1.54, 1.807) is 42.0 Å². The molecule has 0 saturated heterocycles. The maximum absolute atomic E-state index is 13.6. The molecule has 0 saturated carbocycles. The molecule has 2 aromatic heterocycles. The fraction of sp³-hybridized carbons (Fsp3) is 0.364. The lowest BCUT2D eigenvalue weighted by atomic mass is 10.1. The molecule has 268 valence electrons. The summed E-state index contributed by atoms with van der Waals surface area (Å²) in [4.78, 5) is 29.4. The van der Waals surface area contributed by atoms with Crippen LogP contribution in [0.3, 0.4) is 0 Å².